The van der Waals surface area contributed by atoms with Crippen LogP contribution in [-0.4, -0.2) is 36.1 Å². The van der Waals surface area contributed by atoms with Crippen molar-refractivity contribution in [2.75, 3.05) is 31.1 Å². The number of nitrogens with one attached hydrogen (secondary N) is 1. The summed E-state index contributed by atoms with van der Waals surface area (Å²) in [7, 11) is 0. The van der Waals surface area contributed by atoms with Gasteiger partial charge in [0.05, 0.1) is 5.39 Å². The van der Waals surface area contributed by atoms with Gasteiger partial charge in [-0.2, -0.15) is 0 Å². The van der Waals surface area contributed by atoms with E-state index in [-0.39, 0.29) is 0 Å². The van der Waals surface area contributed by atoms with Crippen LogP contribution in [0.5, 0.6) is 0 Å². The third-order valence-corrected chi connectivity index (χ3v) is 5.97. The fourth-order valence-electron chi connectivity index (χ4n) is 3.58. The maximum Gasteiger partial charge on any atom is 0.140 e. The van der Waals surface area contributed by atoms with Crippen molar-refractivity contribution in [1.82, 2.24) is 15.3 Å². The van der Waals surface area contributed by atoms with Crippen LogP contribution < -0.4 is 10.2 Å². The lowest BCUT2D eigenvalue weighted by atomic mass is 9.87. The summed E-state index contributed by atoms with van der Waals surface area (Å²) in [6, 6.07) is 2.28. The Bertz CT molecular complexity index is 630. The topological polar surface area (TPSA) is 41.0 Å². The first-order valence-electron chi connectivity index (χ1n) is 7.49. The Labute approximate surface area is 123 Å². The molecule has 106 valence electrons. The fourth-order valence-corrected chi connectivity index (χ4v) is 4.51. The third-order valence-electron chi connectivity index (χ3n) is 4.78. The van der Waals surface area contributed by atoms with E-state index in [1.54, 1.807) is 17.7 Å². The highest BCUT2D eigenvalue weighted by Gasteiger charge is 2.41. The molecule has 4 nitrogen and oxygen atoms in total. The molecule has 1 spiro atoms. The van der Waals surface area contributed by atoms with Crippen molar-refractivity contribution in [1.29, 1.82) is 0 Å². The van der Waals surface area contributed by atoms with Crippen molar-refractivity contribution in [3.05, 3.63) is 17.3 Å². The molecule has 4 heterocycles. The minimum absolute atomic E-state index is 0.487. The van der Waals surface area contributed by atoms with Crippen LogP contribution in [0.2, 0.25) is 0 Å². The van der Waals surface area contributed by atoms with Crippen LogP contribution in [-0.2, 0) is 6.42 Å². The van der Waals surface area contributed by atoms with Gasteiger partial charge < -0.3 is 10.2 Å². The molecule has 0 bridgehead atoms. The van der Waals surface area contributed by atoms with Gasteiger partial charge in [-0.1, -0.05) is 6.92 Å². The van der Waals surface area contributed by atoms with Crippen LogP contribution in [0, 0.1) is 5.41 Å². The number of anilines is 1. The molecule has 2 saturated heterocycles. The normalized spacial score (nSPS) is 26.1. The van der Waals surface area contributed by atoms with Gasteiger partial charge in [0.2, 0.25) is 0 Å². The number of aromatic nitrogens is 2. The lowest BCUT2D eigenvalue weighted by Gasteiger charge is -2.23. The second-order valence-electron chi connectivity index (χ2n) is 6.08. The number of fused-ring (bicyclic) bond motifs is 1. The molecule has 0 aliphatic carbocycles. The van der Waals surface area contributed by atoms with Crippen LogP contribution in [0.25, 0.3) is 10.2 Å². The lowest BCUT2D eigenvalue weighted by molar-refractivity contribution is 0.369. The average Bonchev–Trinajstić information content (AvgIpc) is 3.19. The fraction of sp³-hybridized carbons (Fsp3) is 0.600. The Morgan fingerprint density at radius 1 is 1.40 bits per heavy atom. The van der Waals surface area contributed by atoms with Crippen molar-refractivity contribution in [3.8, 4) is 0 Å². The van der Waals surface area contributed by atoms with E-state index in [4.69, 9.17) is 0 Å². The summed E-state index contributed by atoms with van der Waals surface area (Å²) in [5, 5.41) is 4.77. The molecule has 0 radical (unpaired) electrons. The van der Waals surface area contributed by atoms with E-state index in [1.807, 2.05) is 0 Å². The summed E-state index contributed by atoms with van der Waals surface area (Å²) >= 11 is 1.80. The first-order chi connectivity index (χ1) is 9.80. The molecule has 0 amide bonds. The van der Waals surface area contributed by atoms with Gasteiger partial charge >= 0.3 is 0 Å². The second-order valence-corrected chi connectivity index (χ2v) is 7.20. The molecule has 20 heavy (non-hydrogen) atoms. The molecule has 2 fully saturated rings. The number of hydrogen-bond acceptors (Lipinski definition) is 5. The SMILES string of the molecule is CCc1cc2c(N3CC[C@]4(CCNC4)C3)ncnc2s1. The van der Waals surface area contributed by atoms with E-state index >= 15 is 0 Å². The van der Waals surface area contributed by atoms with Crippen molar-refractivity contribution < 1.29 is 0 Å². The predicted molar refractivity (Wildman–Crippen MR) is 83.5 cm³/mol. The molecule has 1 N–H and O–H groups in total. The lowest BCUT2D eigenvalue weighted by Crippen LogP contribution is -2.29. The number of nitrogens with zero attached hydrogens (tertiary/aromatic N) is 3. The van der Waals surface area contributed by atoms with Crippen LogP contribution >= 0.6 is 11.3 Å². The smallest absolute Gasteiger partial charge is 0.140 e. The molecular formula is C15H20N4S. The first-order valence-corrected chi connectivity index (χ1v) is 8.30. The molecule has 0 unspecified atom stereocenters. The van der Waals surface area contributed by atoms with Gasteiger partial charge in [-0.15, -0.1) is 11.3 Å². The molecule has 4 rings (SSSR count). The van der Waals surface area contributed by atoms with Gasteiger partial charge in [-0.05, 0) is 31.9 Å². The van der Waals surface area contributed by atoms with Crippen LogP contribution in [0.1, 0.15) is 24.6 Å². The number of hydrogen-bond donors (Lipinski definition) is 1. The van der Waals surface area contributed by atoms with Crippen LogP contribution in [0.4, 0.5) is 5.82 Å². The van der Waals surface area contributed by atoms with Crippen LogP contribution in [0.15, 0.2) is 12.4 Å². The molecule has 2 aromatic rings. The van der Waals surface area contributed by atoms with Crippen molar-refractivity contribution in [3.63, 3.8) is 0 Å². The zero-order valence-corrected chi connectivity index (χ0v) is 12.7. The number of aryl methyl sites for hydroxylation is 1. The highest BCUT2D eigenvalue weighted by molar-refractivity contribution is 7.18. The Balaban J connectivity index is 1.70. The molecule has 2 aliphatic rings. The molecule has 2 aliphatic heterocycles. The third kappa shape index (κ3) is 1.91. The molecule has 1 atom stereocenters. The Morgan fingerprint density at radius 3 is 3.15 bits per heavy atom. The van der Waals surface area contributed by atoms with E-state index < -0.39 is 0 Å². The van der Waals surface area contributed by atoms with Crippen LogP contribution in [0.3, 0.4) is 0 Å². The van der Waals surface area contributed by atoms with Crippen molar-refractivity contribution in [2.24, 2.45) is 5.41 Å². The Hall–Kier alpha value is -1.20. The summed E-state index contributed by atoms with van der Waals surface area (Å²) in [4.78, 5) is 14.0. The maximum absolute atomic E-state index is 4.59. The summed E-state index contributed by atoms with van der Waals surface area (Å²) in [5.41, 5.74) is 0.487. The maximum atomic E-state index is 4.59. The van der Waals surface area contributed by atoms with E-state index in [1.165, 1.54) is 36.2 Å². The quantitative estimate of drug-likeness (QED) is 0.921. The highest BCUT2D eigenvalue weighted by Crippen LogP contribution is 2.40. The van der Waals surface area contributed by atoms with Gasteiger partial charge in [-0.25, -0.2) is 9.97 Å². The molecule has 0 saturated carbocycles. The van der Waals surface area contributed by atoms with E-state index in [9.17, 15) is 0 Å². The number of rotatable bonds is 2. The largest absolute Gasteiger partial charge is 0.355 e. The minimum Gasteiger partial charge on any atom is -0.355 e. The van der Waals surface area contributed by atoms with E-state index in [0.717, 1.165) is 30.2 Å². The minimum atomic E-state index is 0.487. The van der Waals surface area contributed by atoms with Gasteiger partial charge in [0, 0.05) is 29.9 Å². The number of thiophene rings is 1. The summed E-state index contributed by atoms with van der Waals surface area (Å²) in [5.74, 6) is 1.15. The second kappa shape index (κ2) is 4.67. The average molecular weight is 288 g/mol. The zero-order chi connectivity index (χ0) is 13.6. The van der Waals surface area contributed by atoms with Gasteiger partial charge in [-0.3, -0.25) is 0 Å². The van der Waals surface area contributed by atoms with E-state index in [0.29, 0.717) is 5.41 Å². The Morgan fingerprint density at radius 2 is 2.35 bits per heavy atom. The van der Waals surface area contributed by atoms with Gasteiger partial charge in [0.25, 0.3) is 0 Å². The molecule has 5 heteroatoms. The molecular weight excluding hydrogens is 268 g/mol. The standard InChI is InChI=1S/C15H20N4S/c1-2-11-7-12-13(17-10-18-14(12)20-11)19-6-4-15(9-19)3-5-16-8-15/h7,10,16H,2-6,8-9H2,1H3/t15-/m0/s1. The van der Waals surface area contributed by atoms with E-state index in [2.05, 4.69) is 33.2 Å². The van der Waals surface area contributed by atoms with Gasteiger partial charge in [0.15, 0.2) is 0 Å². The van der Waals surface area contributed by atoms with Gasteiger partial charge in [0.1, 0.15) is 17.0 Å². The zero-order valence-electron chi connectivity index (χ0n) is 11.9. The Kier molecular flexibility index (Phi) is 2.93. The summed E-state index contributed by atoms with van der Waals surface area (Å²) < 4.78 is 0. The summed E-state index contributed by atoms with van der Waals surface area (Å²) in [6.45, 7) is 6.81. The highest BCUT2D eigenvalue weighted by atomic mass is 32.1. The molecule has 2 aromatic heterocycles. The predicted octanol–water partition coefficient (Wildman–Crippen LogP) is 2.44. The molecule has 0 aromatic carbocycles. The first kappa shape index (κ1) is 12.5. The monoisotopic (exact) mass is 288 g/mol. The van der Waals surface area contributed by atoms with Crippen molar-refractivity contribution in [2.45, 2.75) is 26.2 Å². The summed E-state index contributed by atoms with van der Waals surface area (Å²) in [6.07, 6.45) is 5.40. The van der Waals surface area contributed by atoms with Crippen molar-refractivity contribution >= 4 is 27.4 Å².